The lowest BCUT2D eigenvalue weighted by Gasteiger charge is -2.26. The van der Waals surface area contributed by atoms with Crippen LogP contribution < -0.4 is 27.4 Å². The molecule has 5 unspecified atom stereocenters. The van der Waals surface area contributed by atoms with Gasteiger partial charge < -0.3 is 37.6 Å². The minimum Gasteiger partial charge on any atom is -0.480 e. The highest BCUT2D eigenvalue weighted by molar-refractivity contribution is 7.98. The van der Waals surface area contributed by atoms with Gasteiger partial charge in [0.15, 0.2) is 0 Å². The Labute approximate surface area is 207 Å². The smallest absolute Gasteiger partial charge is 0.326 e. The van der Waals surface area contributed by atoms with Crippen LogP contribution in [0.2, 0.25) is 0 Å². The Morgan fingerprint density at radius 2 is 1.57 bits per heavy atom. The van der Waals surface area contributed by atoms with E-state index in [-0.39, 0.29) is 12.8 Å². The normalized spacial score (nSPS) is 15.1. The van der Waals surface area contributed by atoms with E-state index in [4.69, 9.17) is 11.5 Å². The van der Waals surface area contributed by atoms with Crippen molar-refractivity contribution in [1.29, 1.82) is 0 Å². The third kappa shape index (κ3) is 10.8. The summed E-state index contributed by atoms with van der Waals surface area (Å²) in [5.41, 5.74) is 11.8. The van der Waals surface area contributed by atoms with E-state index < -0.39 is 66.3 Å². The zero-order valence-corrected chi connectivity index (χ0v) is 20.4. The Bertz CT molecular complexity index is 884. The maximum Gasteiger partial charge on any atom is 0.326 e. The molecule has 9 N–H and O–H groups in total. The lowest BCUT2D eigenvalue weighted by Crippen LogP contribution is -2.60. The molecule has 13 heteroatoms. The molecule has 0 spiro atoms. The number of aliphatic carboxylic acids is 1. The fourth-order valence-corrected chi connectivity index (χ4v) is 3.54. The maximum atomic E-state index is 12.9. The maximum absolute atomic E-state index is 12.9. The van der Waals surface area contributed by atoms with Gasteiger partial charge >= 0.3 is 5.97 Å². The van der Waals surface area contributed by atoms with Crippen molar-refractivity contribution in [1.82, 2.24) is 16.0 Å². The Kier molecular flexibility index (Phi) is 12.8. The highest BCUT2D eigenvalue weighted by Gasteiger charge is 2.33. The fraction of sp³-hybridized carbons (Fsp3) is 0.500. The molecule has 0 radical (unpaired) electrons. The summed E-state index contributed by atoms with van der Waals surface area (Å²) in [6.07, 6.45) is 0.185. The van der Waals surface area contributed by atoms with Crippen molar-refractivity contribution in [3.05, 3.63) is 35.9 Å². The number of nitrogens with one attached hydrogen (secondary N) is 3. The second-order valence-corrected chi connectivity index (χ2v) is 8.92. The van der Waals surface area contributed by atoms with Gasteiger partial charge in [-0.1, -0.05) is 30.3 Å². The number of carboxylic acid groups (broad SMARTS) is 1. The summed E-state index contributed by atoms with van der Waals surface area (Å²) >= 11 is 1.43. The Hall–Kier alpha value is -3.16. The fourth-order valence-electron chi connectivity index (χ4n) is 3.07. The standard InChI is InChI=1S/C22H33N5O7S/c1-12(28)18(21(32)26-16(22(33)34)11-17(24)29)27-20(31)15(8-9-35-2)25-19(30)14(23)10-13-6-4-3-5-7-13/h3-7,12,14-16,18,28H,8-11,23H2,1-2H3,(H2,24,29)(H,25,30)(H,26,32)(H,27,31)(H,33,34). The topological polar surface area (TPSA) is 214 Å². The number of nitrogens with two attached hydrogens (primary N) is 2. The van der Waals surface area contributed by atoms with E-state index in [2.05, 4.69) is 16.0 Å². The van der Waals surface area contributed by atoms with Gasteiger partial charge in [-0.2, -0.15) is 11.8 Å². The van der Waals surface area contributed by atoms with Crippen molar-refractivity contribution in [3.8, 4) is 0 Å². The highest BCUT2D eigenvalue weighted by atomic mass is 32.2. The SMILES string of the molecule is CSCCC(NC(=O)C(N)Cc1ccccc1)C(=O)NC(C(=O)NC(CC(N)=O)C(=O)O)C(C)O. The number of rotatable bonds is 15. The average molecular weight is 512 g/mol. The number of hydrogen-bond acceptors (Lipinski definition) is 8. The van der Waals surface area contributed by atoms with Gasteiger partial charge in [0, 0.05) is 0 Å². The first kappa shape index (κ1) is 29.9. The number of amides is 4. The van der Waals surface area contributed by atoms with Crippen molar-refractivity contribution in [3.63, 3.8) is 0 Å². The summed E-state index contributed by atoms with van der Waals surface area (Å²) in [6.45, 7) is 1.22. The molecule has 1 rings (SSSR count). The molecule has 0 aliphatic carbocycles. The summed E-state index contributed by atoms with van der Waals surface area (Å²) < 4.78 is 0. The average Bonchev–Trinajstić information content (AvgIpc) is 2.79. The molecule has 1 aromatic rings. The lowest BCUT2D eigenvalue weighted by molar-refractivity contribution is -0.144. The number of aliphatic hydroxyl groups excluding tert-OH is 1. The second-order valence-electron chi connectivity index (χ2n) is 7.94. The summed E-state index contributed by atoms with van der Waals surface area (Å²) in [5.74, 6) is -4.33. The van der Waals surface area contributed by atoms with Crippen LogP contribution in [0.1, 0.15) is 25.3 Å². The van der Waals surface area contributed by atoms with Crippen LogP contribution in [0.3, 0.4) is 0 Å². The van der Waals surface area contributed by atoms with E-state index in [0.29, 0.717) is 5.75 Å². The molecule has 0 heterocycles. The van der Waals surface area contributed by atoms with Gasteiger partial charge in [0.05, 0.1) is 18.6 Å². The summed E-state index contributed by atoms with van der Waals surface area (Å²) in [5, 5.41) is 26.2. The minimum atomic E-state index is -1.64. The molecule has 1 aromatic carbocycles. The zero-order valence-electron chi connectivity index (χ0n) is 19.6. The molecular formula is C22H33N5O7S. The molecule has 0 fully saturated rings. The largest absolute Gasteiger partial charge is 0.480 e. The van der Waals surface area contributed by atoms with E-state index in [9.17, 15) is 34.2 Å². The van der Waals surface area contributed by atoms with E-state index in [1.54, 1.807) is 0 Å². The zero-order chi connectivity index (χ0) is 26.5. The third-order valence-corrected chi connectivity index (χ3v) is 5.61. The first-order chi connectivity index (χ1) is 16.5. The molecule has 4 amide bonds. The molecule has 5 atom stereocenters. The number of carbonyl (C=O) groups excluding carboxylic acids is 4. The second kappa shape index (κ2) is 15.0. The molecular weight excluding hydrogens is 478 g/mol. The molecule has 0 aromatic heterocycles. The molecule has 0 aliphatic heterocycles. The van der Waals surface area contributed by atoms with Crippen LogP contribution in [0.15, 0.2) is 30.3 Å². The van der Waals surface area contributed by atoms with Crippen LogP contribution in [0.4, 0.5) is 0 Å². The number of carbonyl (C=O) groups is 5. The van der Waals surface area contributed by atoms with Crippen LogP contribution in [-0.2, 0) is 30.4 Å². The van der Waals surface area contributed by atoms with Gasteiger partial charge in [-0.15, -0.1) is 0 Å². The third-order valence-electron chi connectivity index (χ3n) is 4.96. The van der Waals surface area contributed by atoms with Crippen LogP contribution in [0.5, 0.6) is 0 Å². The number of hydrogen-bond donors (Lipinski definition) is 7. The minimum absolute atomic E-state index is 0.213. The van der Waals surface area contributed by atoms with Gasteiger partial charge in [-0.3, -0.25) is 19.2 Å². The molecule has 194 valence electrons. The quantitative estimate of drug-likeness (QED) is 0.140. The molecule has 0 saturated carbocycles. The van der Waals surface area contributed by atoms with Gasteiger partial charge in [0.1, 0.15) is 18.1 Å². The Balaban J connectivity index is 2.91. The van der Waals surface area contributed by atoms with Crippen molar-refractivity contribution in [2.45, 2.75) is 56.5 Å². The Morgan fingerprint density at radius 1 is 0.971 bits per heavy atom. The van der Waals surface area contributed by atoms with Crippen LogP contribution >= 0.6 is 11.8 Å². The van der Waals surface area contributed by atoms with E-state index in [1.165, 1.54) is 18.7 Å². The van der Waals surface area contributed by atoms with E-state index in [0.717, 1.165) is 5.56 Å². The number of aliphatic hydroxyl groups is 1. The molecule has 0 aliphatic rings. The van der Waals surface area contributed by atoms with Crippen LogP contribution in [0.25, 0.3) is 0 Å². The van der Waals surface area contributed by atoms with Crippen LogP contribution in [0, 0.1) is 0 Å². The number of carboxylic acids is 1. The summed E-state index contributed by atoms with van der Waals surface area (Å²) in [4.78, 5) is 60.5. The van der Waals surface area contributed by atoms with E-state index in [1.807, 2.05) is 36.6 Å². The molecule has 35 heavy (non-hydrogen) atoms. The van der Waals surface area contributed by atoms with Gasteiger partial charge in [0.2, 0.25) is 23.6 Å². The van der Waals surface area contributed by atoms with Crippen molar-refractivity contribution in [2.75, 3.05) is 12.0 Å². The summed E-state index contributed by atoms with van der Waals surface area (Å²) in [7, 11) is 0. The molecule has 12 nitrogen and oxygen atoms in total. The summed E-state index contributed by atoms with van der Waals surface area (Å²) in [6, 6.07) is 3.92. The first-order valence-corrected chi connectivity index (χ1v) is 12.2. The van der Waals surface area contributed by atoms with Gasteiger partial charge in [-0.05, 0) is 37.3 Å². The Morgan fingerprint density at radius 3 is 2.09 bits per heavy atom. The van der Waals surface area contributed by atoms with E-state index >= 15 is 0 Å². The predicted octanol–water partition coefficient (Wildman–Crippen LogP) is -1.90. The lowest BCUT2D eigenvalue weighted by atomic mass is 10.0. The number of primary amides is 1. The predicted molar refractivity (Wildman–Crippen MR) is 130 cm³/mol. The van der Waals surface area contributed by atoms with Crippen LogP contribution in [-0.4, -0.2) is 82.1 Å². The van der Waals surface area contributed by atoms with Crippen molar-refractivity contribution < 1.29 is 34.2 Å². The van der Waals surface area contributed by atoms with Crippen molar-refractivity contribution >= 4 is 41.4 Å². The number of thioether (sulfide) groups is 1. The first-order valence-electron chi connectivity index (χ1n) is 10.8. The highest BCUT2D eigenvalue weighted by Crippen LogP contribution is 2.06. The van der Waals surface area contributed by atoms with Gasteiger partial charge in [0.25, 0.3) is 0 Å². The van der Waals surface area contributed by atoms with Gasteiger partial charge in [-0.25, -0.2) is 4.79 Å². The monoisotopic (exact) mass is 511 g/mol. The molecule has 0 bridgehead atoms. The number of benzene rings is 1. The molecule has 0 saturated heterocycles. The van der Waals surface area contributed by atoms with Crippen molar-refractivity contribution in [2.24, 2.45) is 11.5 Å².